The number of aliphatic hydroxyl groups is 2. The Morgan fingerprint density at radius 2 is 1.81 bits per heavy atom. The van der Waals surface area contributed by atoms with Crippen molar-refractivity contribution in [3.8, 4) is 0 Å². The molecule has 0 unspecified atom stereocenters. The zero-order valence-corrected chi connectivity index (χ0v) is 12.8. The predicted octanol–water partition coefficient (Wildman–Crippen LogP) is -1.17. The minimum absolute atomic E-state index is 0.00468. The van der Waals surface area contributed by atoms with E-state index in [0.717, 1.165) is 4.31 Å². The largest absolute Gasteiger partial charge is 0.395 e. The molecule has 0 spiro atoms. The molecular formula is C12H17NO6S2. The first-order chi connectivity index (χ1) is 9.78. The van der Waals surface area contributed by atoms with E-state index in [0.29, 0.717) is 0 Å². The van der Waals surface area contributed by atoms with Crippen LogP contribution >= 0.6 is 0 Å². The van der Waals surface area contributed by atoms with E-state index in [1.807, 2.05) is 0 Å². The van der Waals surface area contributed by atoms with Gasteiger partial charge in [0.15, 0.2) is 9.84 Å². The average Bonchev–Trinajstić information content (AvgIpc) is 2.70. The quantitative estimate of drug-likeness (QED) is 0.701. The zero-order chi connectivity index (χ0) is 15.7. The molecule has 1 saturated heterocycles. The number of sulfonamides is 1. The summed E-state index contributed by atoms with van der Waals surface area (Å²) in [5.41, 5.74) is 0. The SMILES string of the molecule is O=S1(=O)C[C@@H](O)[C@@H](N(CCO)S(=O)(=O)c2ccccc2)C1. The Hall–Kier alpha value is -1.00. The van der Waals surface area contributed by atoms with Crippen LogP contribution in [0.2, 0.25) is 0 Å². The van der Waals surface area contributed by atoms with Gasteiger partial charge in [-0.2, -0.15) is 4.31 Å². The number of aliphatic hydroxyl groups excluding tert-OH is 2. The van der Waals surface area contributed by atoms with Gasteiger partial charge in [-0.05, 0) is 12.1 Å². The third kappa shape index (κ3) is 3.43. The molecule has 2 rings (SSSR count). The predicted molar refractivity (Wildman–Crippen MR) is 75.9 cm³/mol. The van der Waals surface area contributed by atoms with Crippen molar-refractivity contribution in [2.24, 2.45) is 0 Å². The van der Waals surface area contributed by atoms with Crippen molar-refractivity contribution >= 4 is 19.9 Å². The Morgan fingerprint density at radius 3 is 2.29 bits per heavy atom. The Morgan fingerprint density at radius 1 is 1.19 bits per heavy atom. The average molecular weight is 335 g/mol. The van der Waals surface area contributed by atoms with Crippen molar-refractivity contribution in [3.05, 3.63) is 30.3 Å². The van der Waals surface area contributed by atoms with Gasteiger partial charge in [-0.25, -0.2) is 16.8 Å². The lowest BCUT2D eigenvalue weighted by Gasteiger charge is -2.28. The fourth-order valence-electron chi connectivity index (χ4n) is 2.38. The summed E-state index contributed by atoms with van der Waals surface area (Å²) in [6, 6.07) is 6.44. The molecule has 2 atom stereocenters. The van der Waals surface area contributed by atoms with Crippen molar-refractivity contribution in [2.75, 3.05) is 24.7 Å². The molecule has 21 heavy (non-hydrogen) atoms. The van der Waals surface area contributed by atoms with Crippen LogP contribution in [0.5, 0.6) is 0 Å². The van der Waals surface area contributed by atoms with Gasteiger partial charge < -0.3 is 10.2 Å². The van der Waals surface area contributed by atoms with Crippen LogP contribution in [0.15, 0.2) is 35.2 Å². The first-order valence-electron chi connectivity index (χ1n) is 6.34. The molecule has 1 aliphatic heterocycles. The Balaban J connectivity index is 2.40. The van der Waals surface area contributed by atoms with Crippen LogP contribution < -0.4 is 0 Å². The van der Waals surface area contributed by atoms with E-state index < -0.39 is 50.1 Å². The van der Waals surface area contributed by atoms with Gasteiger partial charge in [0.1, 0.15) is 0 Å². The van der Waals surface area contributed by atoms with Crippen molar-refractivity contribution in [1.82, 2.24) is 4.31 Å². The lowest BCUT2D eigenvalue weighted by atomic mass is 10.2. The van der Waals surface area contributed by atoms with E-state index in [1.165, 1.54) is 12.1 Å². The number of nitrogens with zero attached hydrogens (tertiary/aromatic N) is 1. The van der Waals surface area contributed by atoms with Crippen LogP contribution in [0.4, 0.5) is 0 Å². The summed E-state index contributed by atoms with van der Waals surface area (Å²) in [5.74, 6) is -0.913. The van der Waals surface area contributed by atoms with E-state index in [4.69, 9.17) is 5.11 Å². The van der Waals surface area contributed by atoms with Crippen LogP contribution in [0.25, 0.3) is 0 Å². The Labute approximate surface area is 123 Å². The van der Waals surface area contributed by atoms with E-state index >= 15 is 0 Å². The van der Waals surface area contributed by atoms with Gasteiger partial charge in [0, 0.05) is 6.54 Å². The van der Waals surface area contributed by atoms with E-state index in [9.17, 15) is 21.9 Å². The molecule has 1 aromatic carbocycles. The summed E-state index contributed by atoms with van der Waals surface area (Å²) in [6.45, 7) is -0.732. The van der Waals surface area contributed by atoms with Gasteiger partial charge in [0.25, 0.3) is 0 Å². The van der Waals surface area contributed by atoms with Gasteiger partial charge in [0.05, 0.1) is 35.2 Å². The maximum atomic E-state index is 12.6. The number of benzene rings is 1. The molecule has 0 radical (unpaired) electrons. The fourth-order valence-corrected chi connectivity index (χ4v) is 5.94. The molecule has 9 heteroatoms. The zero-order valence-electron chi connectivity index (χ0n) is 11.2. The van der Waals surface area contributed by atoms with Gasteiger partial charge in [-0.1, -0.05) is 18.2 Å². The lowest BCUT2D eigenvalue weighted by molar-refractivity contribution is 0.117. The number of hydrogen-bond acceptors (Lipinski definition) is 6. The molecule has 1 aliphatic rings. The van der Waals surface area contributed by atoms with Crippen molar-refractivity contribution in [1.29, 1.82) is 0 Å². The Kier molecular flexibility index (Phi) is 4.69. The summed E-state index contributed by atoms with van der Waals surface area (Å²) in [6.07, 6.45) is -1.29. The molecule has 0 bridgehead atoms. The van der Waals surface area contributed by atoms with Crippen LogP contribution in [-0.4, -0.2) is 68.2 Å². The van der Waals surface area contributed by atoms with E-state index in [2.05, 4.69) is 0 Å². The molecule has 0 amide bonds. The molecule has 0 saturated carbocycles. The standard InChI is InChI=1S/C12H17NO6S2/c14-7-6-13(11-8-20(16,17)9-12(11)15)21(18,19)10-4-2-1-3-5-10/h1-5,11-12,14-15H,6-9H2/t11-,12+/m0/s1. The topological polar surface area (TPSA) is 112 Å². The highest BCUT2D eigenvalue weighted by Crippen LogP contribution is 2.25. The van der Waals surface area contributed by atoms with Gasteiger partial charge >= 0.3 is 0 Å². The highest BCUT2D eigenvalue weighted by Gasteiger charge is 2.44. The molecule has 1 heterocycles. The summed E-state index contributed by atoms with van der Waals surface area (Å²) in [4.78, 5) is -0.00468. The highest BCUT2D eigenvalue weighted by atomic mass is 32.2. The van der Waals surface area contributed by atoms with Crippen molar-refractivity contribution in [2.45, 2.75) is 17.0 Å². The maximum absolute atomic E-state index is 12.6. The third-order valence-corrected chi connectivity index (χ3v) is 6.97. The van der Waals surface area contributed by atoms with Gasteiger partial charge in [-0.3, -0.25) is 0 Å². The molecular weight excluding hydrogens is 318 g/mol. The lowest BCUT2D eigenvalue weighted by Crippen LogP contribution is -2.47. The summed E-state index contributed by atoms with van der Waals surface area (Å²) in [5, 5.41) is 19.0. The van der Waals surface area contributed by atoms with Crippen molar-refractivity contribution < 1.29 is 27.0 Å². The van der Waals surface area contributed by atoms with Gasteiger partial charge in [-0.15, -0.1) is 0 Å². The van der Waals surface area contributed by atoms with E-state index in [1.54, 1.807) is 18.2 Å². The molecule has 1 aromatic rings. The monoisotopic (exact) mass is 335 g/mol. The molecule has 118 valence electrons. The molecule has 1 fully saturated rings. The second-order valence-electron chi connectivity index (χ2n) is 4.86. The van der Waals surface area contributed by atoms with Crippen molar-refractivity contribution in [3.63, 3.8) is 0 Å². The van der Waals surface area contributed by atoms with Crippen LogP contribution in [0.3, 0.4) is 0 Å². The number of hydrogen-bond donors (Lipinski definition) is 2. The molecule has 0 aromatic heterocycles. The minimum atomic E-state index is -3.98. The number of sulfone groups is 1. The summed E-state index contributed by atoms with van der Waals surface area (Å²) in [7, 11) is -7.47. The normalized spacial score (nSPS) is 25.3. The minimum Gasteiger partial charge on any atom is -0.395 e. The first kappa shape index (κ1) is 16.4. The Bertz CT molecular complexity index is 686. The molecule has 7 nitrogen and oxygen atoms in total. The van der Waals surface area contributed by atoms with Gasteiger partial charge in [0.2, 0.25) is 10.0 Å². The maximum Gasteiger partial charge on any atom is 0.243 e. The molecule has 2 N–H and O–H groups in total. The second-order valence-corrected chi connectivity index (χ2v) is 8.91. The first-order valence-corrected chi connectivity index (χ1v) is 9.60. The smallest absolute Gasteiger partial charge is 0.243 e. The second kappa shape index (κ2) is 6.01. The van der Waals surface area contributed by atoms with Crippen LogP contribution in [0.1, 0.15) is 0 Å². The molecule has 0 aliphatic carbocycles. The summed E-state index contributed by atoms with van der Waals surface area (Å²) < 4.78 is 49.2. The number of rotatable bonds is 5. The van der Waals surface area contributed by atoms with Crippen LogP contribution in [0, 0.1) is 0 Å². The third-order valence-electron chi connectivity index (χ3n) is 3.33. The van der Waals surface area contributed by atoms with Crippen LogP contribution in [-0.2, 0) is 19.9 Å². The summed E-state index contributed by atoms with van der Waals surface area (Å²) >= 11 is 0. The van der Waals surface area contributed by atoms with E-state index in [-0.39, 0.29) is 11.4 Å². The fraction of sp³-hybridized carbons (Fsp3) is 0.500. The highest BCUT2D eigenvalue weighted by molar-refractivity contribution is 7.92.